The van der Waals surface area contributed by atoms with Crippen LogP contribution in [0.2, 0.25) is 5.02 Å². The maximum atomic E-state index is 6.05. The SMILES string of the molecule is Cc1cc(Cl)ccc1NC(c1cccs1)C1CCCC1. The fourth-order valence-electron chi connectivity index (χ4n) is 3.14. The van der Waals surface area contributed by atoms with E-state index in [1.807, 2.05) is 23.5 Å². The van der Waals surface area contributed by atoms with Gasteiger partial charge < -0.3 is 5.32 Å². The summed E-state index contributed by atoms with van der Waals surface area (Å²) in [5.41, 5.74) is 2.43. The normalized spacial score (nSPS) is 17.3. The highest BCUT2D eigenvalue weighted by molar-refractivity contribution is 7.10. The summed E-state index contributed by atoms with van der Waals surface area (Å²) in [6.07, 6.45) is 5.41. The van der Waals surface area contributed by atoms with Gasteiger partial charge in [0, 0.05) is 15.6 Å². The molecule has 3 rings (SSSR count). The van der Waals surface area contributed by atoms with Crippen LogP contribution in [0.4, 0.5) is 5.69 Å². The van der Waals surface area contributed by atoms with E-state index in [1.54, 1.807) is 0 Å². The van der Waals surface area contributed by atoms with Crippen molar-refractivity contribution in [3.8, 4) is 0 Å². The Bertz CT molecular complexity index is 558. The number of benzene rings is 1. The second-order valence-corrected chi connectivity index (χ2v) is 7.06. The average molecular weight is 306 g/mol. The van der Waals surface area contributed by atoms with Crippen LogP contribution < -0.4 is 5.32 Å². The predicted octanol–water partition coefficient (Wildman–Crippen LogP) is 6.05. The minimum Gasteiger partial charge on any atom is -0.377 e. The van der Waals surface area contributed by atoms with Crippen molar-refractivity contribution in [2.75, 3.05) is 5.32 Å². The van der Waals surface area contributed by atoms with Crippen LogP contribution >= 0.6 is 22.9 Å². The minimum absolute atomic E-state index is 0.442. The van der Waals surface area contributed by atoms with E-state index in [1.165, 1.54) is 41.8 Å². The maximum absolute atomic E-state index is 6.05. The molecule has 0 aliphatic heterocycles. The molecule has 1 nitrogen and oxygen atoms in total. The van der Waals surface area contributed by atoms with E-state index in [4.69, 9.17) is 11.6 Å². The van der Waals surface area contributed by atoms with E-state index in [-0.39, 0.29) is 0 Å². The zero-order valence-electron chi connectivity index (χ0n) is 11.7. The van der Waals surface area contributed by atoms with Gasteiger partial charge in [0.15, 0.2) is 0 Å². The molecule has 106 valence electrons. The Balaban J connectivity index is 1.86. The molecule has 0 radical (unpaired) electrons. The minimum atomic E-state index is 0.442. The molecule has 1 aliphatic carbocycles. The smallest absolute Gasteiger partial charge is 0.0634 e. The largest absolute Gasteiger partial charge is 0.377 e. The van der Waals surface area contributed by atoms with Gasteiger partial charge in [-0.05, 0) is 60.9 Å². The second-order valence-electron chi connectivity index (χ2n) is 5.64. The van der Waals surface area contributed by atoms with Crippen molar-refractivity contribution < 1.29 is 0 Å². The van der Waals surface area contributed by atoms with E-state index in [2.05, 4.69) is 35.8 Å². The molecule has 1 unspecified atom stereocenters. The molecule has 1 heterocycles. The summed E-state index contributed by atoms with van der Waals surface area (Å²) < 4.78 is 0. The molecule has 0 spiro atoms. The maximum Gasteiger partial charge on any atom is 0.0634 e. The molecule has 1 aliphatic rings. The Morgan fingerprint density at radius 2 is 2.05 bits per heavy atom. The van der Waals surface area contributed by atoms with Gasteiger partial charge >= 0.3 is 0 Å². The molecular weight excluding hydrogens is 286 g/mol. The Kier molecular flexibility index (Phi) is 4.32. The lowest BCUT2D eigenvalue weighted by molar-refractivity contribution is 0.475. The molecule has 0 amide bonds. The molecule has 2 aromatic rings. The van der Waals surface area contributed by atoms with E-state index in [0.717, 1.165) is 10.9 Å². The lowest BCUT2D eigenvalue weighted by Crippen LogP contribution is -2.18. The van der Waals surface area contributed by atoms with E-state index < -0.39 is 0 Å². The summed E-state index contributed by atoms with van der Waals surface area (Å²) in [5.74, 6) is 0.753. The van der Waals surface area contributed by atoms with Gasteiger partial charge in [0.1, 0.15) is 0 Å². The van der Waals surface area contributed by atoms with Gasteiger partial charge in [-0.2, -0.15) is 0 Å². The number of halogens is 1. The molecule has 0 saturated heterocycles. The Morgan fingerprint density at radius 1 is 1.25 bits per heavy atom. The van der Waals surface area contributed by atoms with Crippen LogP contribution in [-0.4, -0.2) is 0 Å². The van der Waals surface area contributed by atoms with Crippen molar-refractivity contribution in [1.29, 1.82) is 0 Å². The number of hydrogen-bond acceptors (Lipinski definition) is 2. The van der Waals surface area contributed by atoms with Gasteiger partial charge in [0.2, 0.25) is 0 Å². The molecule has 1 atom stereocenters. The van der Waals surface area contributed by atoms with Gasteiger partial charge in [-0.3, -0.25) is 0 Å². The third kappa shape index (κ3) is 3.02. The summed E-state index contributed by atoms with van der Waals surface area (Å²) in [5, 5.41) is 6.75. The topological polar surface area (TPSA) is 12.0 Å². The standard InChI is InChI=1S/C17H20ClNS/c1-12-11-14(18)8-9-15(12)19-17(13-5-2-3-6-13)16-7-4-10-20-16/h4,7-11,13,17,19H,2-3,5-6H2,1H3. The quantitative estimate of drug-likeness (QED) is 0.724. The van der Waals surface area contributed by atoms with E-state index in [9.17, 15) is 0 Å². The van der Waals surface area contributed by atoms with Gasteiger partial charge in [-0.1, -0.05) is 30.5 Å². The predicted molar refractivity (Wildman–Crippen MR) is 88.8 cm³/mol. The summed E-state index contributed by atoms with van der Waals surface area (Å²) >= 11 is 7.91. The fraction of sp³-hybridized carbons (Fsp3) is 0.412. The Morgan fingerprint density at radius 3 is 2.70 bits per heavy atom. The molecule has 1 aromatic carbocycles. The first kappa shape index (κ1) is 14.0. The van der Waals surface area contributed by atoms with Crippen LogP contribution in [-0.2, 0) is 0 Å². The molecule has 20 heavy (non-hydrogen) atoms. The third-order valence-corrected chi connectivity index (χ3v) is 5.41. The monoisotopic (exact) mass is 305 g/mol. The van der Waals surface area contributed by atoms with E-state index >= 15 is 0 Å². The summed E-state index contributed by atoms with van der Waals surface area (Å²) in [4.78, 5) is 1.45. The van der Waals surface area contributed by atoms with Crippen LogP contribution in [0, 0.1) is 12.8 Å². The molecule has 0 bridgehead atoms. The number of nitrogens with one attached hydrogen (secondary N) is 1. The second kappa shape index (κ2) is 6.19. The molecule has 1 N–H and O–H groups in total. The van der Waals surface area contributed by atoms with Gasteiger partial charge in [-0.15, -0.1) is 11.3 Å². The summed E-state index contributed by atoms with van der Waals surface area (Å²) in [6.45, 7) is 2.12. The average Bonchev–Trinajstić information content (AvgIpc) is 3.11. The van der Waals surface area contributed by atoms with Crippen LogP contribution in [0.15, 0.2) is 35.7 Å². The summed E-state index contributed by atoms with van der Waals surface area (Å²) in [6, 6.07) is 11.0. The van der Waals surface area contributed by atoms with Crippen LogP contribution in [0.1, 0.15) is 42.2 Å². The zero-order valence-corrected chi connectivity index (χ0v) is 13.3. The number of anilines is 1. The Hall–Kier alpha value is -0.990. The van der Waals surface area contributed by atoms with Crippen molar-refractivity contribution in [3.05, 3.63) is 51.2 Å². The number of aryl methyl sites for hydroxylation is 1. The lowest BCUT2D eigenvalue weighted by Gasteiger charge is -2.26. The first-order chi connectivity index (χ1) is 9.74. The molecule has 3 heteroatoms. The zero-order chi connectivity index (χ0) is 13.9. The number of rotatable bonds is 4. The number of thiophene rings is 1. The highest BCUT2D eigenvalue weighted by Gasteiger charge is 2.27. The first-order valence-corrected chi connectivity index (χ1v) is 8.56. The van der Waals surface area contributed by atoms with Crippen molar-refractivity contribution >= 4 is 28.6 Å². The third-order valence-electron chi connectivity index (χ3n) is 4.22. The van der Waals surface area contributed by atoms with Gasteiger partial charge in [0.25, 0.3) is 0 Å². The fourth-order valence-corrected chi connectivity index (χ4v) is 4.23. The highest BCUT2D eigenvalue weighted by Crippen LogP contribution is 2.40. The summed E-state index contributed by atoms with van der Waals surface area (Å²) in [7, 11) is 0. The molecule has 1 fully saturated rings. The molecule has 1 saturated carbocycles. The number of hydrogen-bond donors (Lipinski definition) is 1. The van der Waals surface area contributed by atoms with Gasteiger partial charge in [-0.25, -0.2) is 0 Å². The lowest BCUT2D eigenvalue weighted by atomic mass is 9.96. The first-order valence-electron chi connectivity index (χ1n) is 7.30. The van der Waals surface area contributed by atoms with Crippen LogP contribution in [0.3, 0.4) is 0 Å². The van der Waals surface area contributed by atoms with Crippen molar-refractivity contribution in [2.24, 2.45) is 5.92 Å². The van der Waals surface area contributed by atoms with Crippen LogP contribution in [0.5, 0.6) is 0 Å². The van der Waals surface area contributed by atoms with E-state index in [0.29, 0.717) is 6.04 Å². The van der Waals surface area contributed by atoms with Crippen molar-refractivity contribution in [1.82, 2.24) is 0 Å². The van der Waals surface area contributed by atoms with Gasteiger partial charge in [0.05, 0.1) is 6.04 Å². The van der Waals surface area contributed by atoms with Crippen LogP contribution in [0.25, 0.3) is 0 Å². The molecule has 1 aromatic heterocycles. The van der Waals surface area contributed by atoms with Crippen molar-refractivity contribution in [3.63, 3.8) is 0 Å². The molecular formula is C17H20ClNS. The van der Waals surface area contributed by atoms with Crippen molar-refractivity contribution in [2.45, 2.75) is 38.6 Å². The Labute approximate surface area is 130 Å². The highest BCUT2D eigenvalue weighted by atomic mass is 35.5.